The number of aryl methyl sites for hydroxylation is 3. The maximum Gasteiger partial charge on any atom is 0.0700 e. The number of methoxy groups -OCH3 is 1. The number of hydrazine groups is 1. The van der Waals surface area contributed by atoms with Crippen LogP contribution in [0.5, 0.6) is 0 Å². The highest BCUT2D eigenvalue weighted by atomic mass is 16.5. The fourth-order valence-corrected chi connectivity index (χ4v) is 2.49. The van der Waals surface area contributed by atoms with Crippen molar-refractivity contribution in [2.75, 3.05) is 26.9 Å². The molecule has 1 unspecified atom stereocenters. The van der Waals surface area contributed by atoms with Crippen molar-refractivity contribution >= 4 is 0 Å². The molecule has 4 nitrogen and oxygen atoms in total. The summed E-state index contributed by atoms with van der Waals surface area (Å²) in [6, 6.07) is 4.69. The molecule has 0 radical (unpaired) electrons. The second-order valence-corrected chi connectivity index (χ2v) is 5.34. The summed E-state index contributed by atoms with van der Waals surface area (Å²) >= 11 is 0. The zero-order valence-corrected chi connectivity index (χ0v) is 13.2. The Labute approximate surface area is 122 Å². The molecular weight excluding hydrogens is 252 g/mol. The van der Waals surface area contributed by atoms with Crippen LogP contribution in [0.15, 0.2) is 12.1 Å². The molecule has 0 fully saturated rings. The van der Waals surface area contributed by atoms with Gasteiger partial charge in [-0.2, -0.15) is 0 Å². The summed E-state index contributed by atoms with van der Waals surface area (Å²) in [5, 5.41) is 0. The number of hydrogen-bond acceptors (Lipinski definition) is 4. The molecule has 0 saturated carbocycles. The molecular formula is C16H28N2O2. The quantitative estimate of drug-likeness (QED) is 0.413. The standard InChI is InChI=1S/C16H28N2O2/c1-12-9-13(2)16(14(3)10-12)11-15(18-17)5-6-20-8-7-19-4/h9-10,15,18H,5-8,11,17H2,1-4H3. The third-order valence-corrected chi connectivity index (χ3v) is 3.57. The molecule has 4 heteroatoms. The van der Waals surface area contributed by atoms with E-state index in [9.17, 15) is 0 Å². The summed E-state index contributed by atoms with van der Waals surface area (Å²) in [6.45, 7) is 8.43. The topological polar surface area (TPSA) is 56.5 Å². The van der Waals surface area contributed by atoms with Crippen molar-refractivity contribution < 1.29 is 9.47 Å². The number of ether oxygens (including phenoxy) is 2. The maximum atomic E-state index is 5.66. The van der Waals surface area contributed by atoms with Crippen LogP contribution in [0.2, 0.25) is 0 Å². The van der Waals surface area contributed by atoms with Crippen molar-refractivity contribution in [2.24, 2.45) is 5.84 Å². The van der Waals surface area contributed by atoms with Gasteiger partial charge in [-0.05, 0) is 50.3 Å². The van der Waals surface area contributed by atoms with Gasteiger partial charge in [0.05, 0.1) is 13.2 Å². The molecule has 3 N–H and O–H groups in total. The molecule has 0 spiro atoms. The van der Waals surface area contributed by atoms with Gasteiger partial charge in [-0.1, -0.05) is 17.7 Å². The van der Waals surface area contributed by atoms with Gasteiger partial charge in [0.1, 0.15) is 0 Å². The summed E-state index contributed by atoms with van der Waals surface area (Å²) in [5.41, 5.74) is 8.27. The minimum atomic E-state index is 0.234. The van der Waals surface area contributed by atoms with Gasteiger partial charge in [-0.3, -0.25) is 11.3 Å². The molecule has 0 amide bonds. The fourth-order valence-electron chi connectivity index (χ4n) is 2.49. The van der Waals surface area contributed by atoms with Crippen molar-refractivity contribution in [1.29, 1.82) is 0 Å². The van der Waals surface area contributed by atoms with Gasteiger partial charge in [0.25, 0.3) is 0 Å². The van der Waals surface area contributed by atoms with E-state index in [0.29, 0.717) is 19.8 Å². The van der Waals surface area contributed by atoms with E-state index >= 15 is 0 Å². The summed E-state index contributed by atoms with van der Waals surface area (Å²) in [4.78, 5) is 0. The molecule has 20 heavy (non-hydrogen) atoms. The zero-order chi connectivity index (χ0) is 15.0. The van der Waals surface area contributed by atoms with Crippen LogP contribution < -0.4 is 11.3 Å². The Balaban J connectivity index is 2.52. The molecule has 0 heterocycles. The van der Waals surface area contributed by atoms with Crippen LogP contribution in [0.25, 0.3) is 0 Å². The summed E-state index contributed by atoms with van der Waals surface area (Å²) in [7, 11) is 1.68. The van der Waals surface area contributed by atoms with E-state index in [1.54, 1.807) is 7.11 Å². The predicted molar refractivity (Wildman–Crippen MR) is 82.8 cm³/mol. The average Bonchev–Trinajstić information content (AvgIpc) is 2.40. The molecule has 1 aromatic carbocycles. The van der Waals surface area contributed by atoms with Crippen LogP contribution in [0.3, 0.4) is 0 Å². The Kier molecular flexibility index (Phi) is 7.77. The lowest BCUT2D eigenvalue weighted by molar-refractivity contribution is 0.0658. The van der Waals surface area contributed by atoms with Crippen molar-refractivity contribution in [2.45, 2.75) is 39.7 Å². The molecule has 1 atom stereocenters. The van der Waals surface area contributed by atoms with E-state index < -0.39 is 0 Å². The monoisotopic (exact) mass is 280 g/mol. The Hall–Kier alpha value is -0.940. The predicted octanol–water partition coefficient (Wildman–Crippen LogP) is 2.04. The zero-order valence-electron chi connectivity index (χ0n) is 13.2. The van der Waals surface area contributed by atoms with E-state index in [2.05, 4.69) is 38.3 Å². The van der Waals surface area contributed by atoms with Crippen molar-refractivity contribution in [1.82, 2.24) is 5.43 Å². The van der Waals surface area contributed by atoms with Crippen molar-refractivity contribution in [3.05, 3.63) is 34.4 Å². The SMILES string of the molecule is COCCOCCC(Cc1c(C)cc(C)cc1C)NN. The van der Waals surface area contributed by atoms with E-state index in [4.69, 9.17) is 15.3 Å². The molecule has 1 aromatic rings. The summed E-state index contributed by atoms with van der Waals surface area (Å²) < 4.78 is 10.5. The van der Waals surface area contributed by atoms with Gasteiger partial charge in [0.15, 0.2) is 0 Å². The number of nitrogens with one attached hydrogen (secondary N) is 1. The second kappa shape index (κ2) is 9.08. The van der Waals surface area contributed by atoms with Gasteiger partial charge in [-0.15, -0.1) is 0 Å². The lowest BCUT2D eigenvalue weighted by atomic mass is 9.94. The third-order valence-electron chi connectivity index (χ3n) is 3.57. The molecule has 114 valence electrons. The van der Waals surface area contributed by atoms with Crippen LogP contribution in [-0.4, -0.2) is 33.0 Å². The smallest absolute Gasteiger partial charge is 0.0700 e. The first-order valence-corrected chi connectivity index (χ1v) is 7.18. The highest BCUT2D eigenvalue weighted by Gasteiger charge is 2.12. The molecule has 1 rings (SSSR count). The largest absolute Gasteiger partial charge is 0.382 e. The number of nitrogens with two attached hydrogens (primary N) is 1. The average molecular weight is 280 g/mol. The van der Waals surface area contributed by atoms with Crippen molar-refractivity contribution in [3.8, 4) is 0 Å². The van der Waals surface area contributed by atoms with Gasteiger partial charge < -0.3 is 9.47 Å². The highest BCUT2D eigenvalue weighted by molar-refractivity contribution is 5.38. The van der Waals surface area contributed by atoms with Crippen LogP contribution in [0.4, 0.5) is 0 Å². The minimum absolute atomic E-state index is 0.234. The first-order chi connectivity index (χ1) is 9.58. The van der Waals surface area contributed by atoms with E-state index in [0.717, 1.165) is 12.8 Å². The Morgan fingerprint density at radius 3 is 2.30 bits per heavy atom. The van der Waals surface area contributed by atoms with Gasteiger partial charge in [0.2, 0.25) is 0 Å². The lowest BCUT2D eigenvalue weighted by Crippen LogP contribution is -2.38. The summed E-state index contributed by atoms with van der Waals surface area (Å²) in [5.74, 6) is 5.66. The molecule has 0 aliphatic rings. The number of benzene rings is 1. The Morgan fingerprint density at radius 1 is 1.10 bits per heavy atom. The normalized spacial score (nSPS) is 12.7. The first kappa shape index (κ1) is 17.1. The third kappa shape index (κ3) is 5.59. The van der Waals surface area contributed by atoms with Crippen LogP contribution in [0, 0.1) is 20.8 Å². The molecule has 0 aromatic heterocycles. The number of rotatable bonds is 9. The first-order valence-electron chi connectivity index (χ1n) is 7.18. The molecule has 0 aliphatic heterocycles. The van der Waals surface area contributed by atoms with Gasteiger partial charge in [-0.25, -0.2) is 0 Å². The van der Waals surface area contributed by atoms with Crippen molar-refractivity contribution in [3.63, 3.8) is 0 Å². The molecule has 0 bridgehead atoms. The fraction of sp³-hybridized carbons (Fsp3) is 0.625. The van der Waals surface area contributed by atoms with Crippen LogP contribution in [0.1, 0.15) is 28.7 Å². The Morgan fingerprint density at radius 2 is 1.75 bits per heavy atom. The summed E-state index contributed by atoms with van der Waals surface area (Å²) in [6.07, 6.45) is 1.83. The van der Waals surface area contributed by atoms with E-state index in [1.807, 2.05) is 0 Å². The highest BCUT2D eigenvalue weighted by Crippen LogP contribution is 2.18. The maximum absolute atomic E-state index is 5.66. The molecule has 0 aliphatic carbocycles. The Bertz CT molecular complexity index is 384. The van der Waals surface area contributed by atoms with E-state index in [-0.39, 0.29) is 6.04 Å². The van der Waals surface area contributed by atoms with Gasteiger partial charge in [0, 0.05) is 19.8 Å². The molecule has 0 saturated heterocycles. The van der Waals surface area contributed by atoms with Gasteiger partial charge >= 0.3 is 0 Å². The van der Waals surface area contributed by atoms with Crippen LogP contribution >= 0.6 is 0 Å². The van der Waals surface area contributed by atoms with Crippen LogP contribution in [-0.2, 0) is 15.9 Å². The second-order valence-electron chi connectivity index (χ2n) is 5.34. The number of hydrogen-bond donors (Lipinski definition) is 2. The van der Waals surface area contributed by atoms with E-state index in [1.165, 1.54) is 22.3 Å². The lowest BCUT2D eigenvalue weighted by Gasteiger charge is -2.19. The minimum Gasteiger partial charge on any atom is -0.382 e.